The van der Waals surface area contributed by atoms with Crippen molar-refractivity contribution in [1.82, 2.24) is 0 Å². The normalized spacial score (nSPS) is 14.2. The van der Waals surface area contributed by atoms with E-state index in [1.807, 2.05) is 30.3 Å². The molecule has 6 nitrogen and oxygen atoms in total. The second-order valence-electron chi connectivity index (χ2n) is 7.73. The zero-order valence-corrected chi connectivity index (χ0v) is 19.7. The van der Waals surface area contributed by atoms with Crippen LogP contribution in [-0.2, 0) is 9.59 Å². The molecule has 1 heterocycles. The van der Waals surface area contributed by atoms with Crippen LogP contribution in [0, 0.1) is 5.82 Å². The number of Topliss-reactive ketones (excluding diaryl/α,β-unsaturated/α-hetero) is 1. The summed E-state index contributed by atoms with van der Waals surface area (Å²) in [5, 5.41) is 3.21. The fraction of sp³-hybridized carbons (Fsp3) is 0.111. The molecule has 0 saturated carbocycles. The zero-order valence-electron chi connectivity index (χ0n) is 18.9. The summed E-state index contributed by atoms with van der Waals surface area (Å²) in [5.41, 5.74) is 2.76. The molecule has 0 unspecified atom stereocenters. The van der Waals surface area contributed by atoms with E-state index in [0.29, 0.717) is 27.9 Å². The largest absolute Gasteiger partial charge is 0.326 e. The van der Waals surface area contributed by atoms with Gasteiger partial charge in [-0.1, -0.05) is 42.1 Å². The van der Waals surface area contributed by atoms with Crippen LogP contribution in [0.4, 0.5) is 15.8 Å². The Kier molecular flexibility index (Phi) is 7.52. The first-order valence-electron chi connectivity index (χ1n) is 10.9. The van der Waals surface area contributed by atoms with Crippen LogP contribution < -0.4 is 10.2 Å². The molecule has 0 saturated heterocycles. The molecule has 35 heavy (non-hydrogen) atoms. The summed E-state index contributed by atoms with van der Waals surface area (Å²) in [4.78, 5) is 42.9. The van der Waals surface area contributed by atoms with Crippen molar-refractivity contribution in [3.63, 3.8) is 0 Å². The predicted molar refractivity (Wildman–Crippen MR) is 138 cm³/mol. The fourth-order valence-electron chi connectivity index (χ4n) is 3.36. The van der Waals surface area contributed by atoms with Crippen LogP contribution in [0.2, 0.25) is 0 Å². The van der Waals surface area contributed by atoms with Crippen molar-refractivity contribution in [2.75, 3.05) is 16.0 Å². The van der Waals surface area contributed by atoms with Gasteiger partial charge in [-0.15, -0.1) is 0 Å². The van der Waals surface area contributed by atoms with Crippen LogP contribution in [0.1, 0.15) is 29.3 Å². The Morgan fingerprint density at radius 3 is 2.34 bits per heavy atom. The van der Waals surface area contributed by atoms with Gasteiger partial charge in [-0.25, -0.2) is 9.38 Å². The van der Waals surface area contributed by atoms with Crippen LogP contribution in [-0.4, -0.2) is 28.5 Å². The van der Waals surface area contributed by atoms with E-state index in [1.165, 1.54) is 47.9 Å². The first-order valence-corrected chi connectivity index (χ1v) is 11.9. The van der Waals surface area contributed by atoms with Gasteiger partial charge in [0.05, 0.1) is 5.69 Å². The van der Waals surface area contributed by atoms with Gasteiger partial charge >= 0.3 is 0 Å². The highest BCUT2D eigenvalue weighted by Crippen LogP contribution is 2.30. The number of benzene rings is 3. The lowest BCUT2D eigenvalue weighted by atomic mass is 10.1. The molecule has 3 aromatic rings. The molecule has 0 spiro atoms. The highest BCUT2D eigenvalue weighted by atomic mass is 32.2. The maximum Gasteiger partial charge on any atom is 0.283 e. The van der Waals surface area contributed by atoms with Crippen molar-refractivity contribution in [3.8, 4) is 0 Å². The van der Waals surface area contributed by atoms with Crippen LogP contribution >= 0.6 is 11.8 Å². The first kappa shape index (κ1) is 24.1. The third-order valence-electron chi connectivity index (χ3n) is 5.15. The highest BCUT2D eigenvalue weighted by Gasteiger charge is 2.32. The van der Waals surface area contributed by atoms with Crippen molar-refractivity contribution >= 4 is 52.0 Å². The Morgan fingerprint density at radius 2 is 1.69 bits per heavy atom. The van der Waals surface area contributed by atoms with Crippen molar-refractivity contribution in [2.45, 2.75) is 13.3 Å². The summed E-state index contributed by atoms with van der Waals surface area (Å²) >= 11 is 1.27. The Morgan fingerprint density at radius 1 is 1.00 bits per heavy atom. The minimum Gasteiger partial charge on any atom is -0.326 e. The van der Waals surface area contributed by atoms with Crippen LogP contribution in [0.3, 0.4) is 0 Å². The number of ketones is 1. The minimum absolute atomic E-state index is 0.0439. The fourth-order valence-corrected chi connectivity index (χ4v) is 4.32. The lowest BCUT2D eigenvalue weighted by Crippen LogP contribution is -2.30. The van der Waals surface area contributed by atoms with Gasteiger partial charge in [0.15, 0.2) is 11.0 Å². The number of carbonyl (C=O) groups excluding carboxylic acids is 3. The van der Waals surface area contributed by atoms with E-state index in [2.05, 4.69) is 10.3 Å². The van der Waals surface area contributed by atoms with E-state index in [1.54, 1.807) is 30.3 Å². The molecule has 1 aliphatic heterocycles. The number of rotatable bonds is 7. The third-order valence-corrected chi connectivity index (χ3v) is 6.09. The monoisotopic (exact) mass is 487 g/mol. The van der Waals surface area contributed by atoms with Crippen molar-refractivity contribution < 1.29 is 18.8 Å². The number of aliphatic imine (C=N–C) groups is 1. The number of nitrogens with zero attached hydrogens (tertiary/aromatic N) is 2. The first-order chi connectivity index (χ1) is 16.9. The molecule has 8 heteroatoms. The van der Waals surface area contributed by atoms with E-state index in [4.69, 9.17) is 0 Å². The van der Waals surface area contributed by atoms with Crippen molar-refractivity contribution in [1.29, 1.82) is 0 Å². The van der Waals surface area contributed by atoms with Gasteiger partial charge in [0.1, 0.15) is 11.5 Å². The standard InChI is InChI=1S/C27H22FN3O3S/c1-18(32)20-7-11-22(12-8-20)29-25(33)15-16-35-27-30-24(17-19-5-3-2-4-6-19)26(34)31(27)23-13-9-21(28)10-14-23/h2-14,17H,15-16H2,1H3,(H,29,33)/b24-17-. The molecule has 2 amide bonds. The second-order valence-corrected chi connectivity index (χ2v) is 8.79. The molecule has 0 radical (unpaired) electrons. The zero-order chi connectivity index (χ0) is 24.8. The average molecular weight is 488 g/mol. The molecule has 1 N–H and O–H groups in total. The number of amides is 2. The SMILES string of the molecule is CC(=O)c1ccc(NC(=O)CCSC2=N/C(=C\c3ccccc3)C(=O)N2c2ccc(F)cc2)cc1. The topological polar surface area (TPSA) is 78.8 Å². The van der Waals surface area contributed by atoms with Crippen LogP contribution in [0.5, 0.6) is 0 Å². The minimum atomic E-state index is -0.403. The smallest absolute Gasteiger partial charge is 0.283 e. The van der Waals surface area contributed by atoms with E-state index in [0.717, 1.165) is 5.56 Å². The number of halogens is 1. The number of carbonyl (C=O) groups is 3. The molecule has 4 rings (SSSR count). The number of anilines is 2. The van der Waals surface area contributed by atoms with Crippen molar-refractivity contribution in [3.05, 3.63) is 102 Å². The number of hydrogen-bond acceptors (Lipinski definition) is 5. The Bertz CT molecular complexity index is 1300. The number of hydrogen-bond donors (Lipinski definition) is 1. The van der Waals surface area contributed by atoms with Crippen LogP contribution in [0.25, 0.3) is 6.08 Å². The Hall–Kier alpha value is -4.04. The molecule has 3 aromatic carbocycles. The summed E-state index contributed by atoms with van der Waals surface area (Å²) in [7, 11) is 0. The van der Waals surface area contributed by atoms with Gasteiger partial charge in [-0.05, 0) is 67.1 Å². The maximum atomic E-state index is 13.5. The lowest BCUT2D eigenvalue weighted by Gasteiger charge is -2.17. The van der Waals surface area contributed by atoms with Gasteiger partial charge in [0.25, 0.3) is 5.91 Å². The summed E-state index contributed by atoms with van der Waals surface area (Å²) in [5.74, 6) is -0.596. The van der Waals surface area contributed by atoms with Gasteiger partial charge in [-0.3, -0.25) is 19.3 Å². The van der Waals surface area contributed by atoms with E-state index >= 15 is 0 Å². The molecule has 0 aromatic heterocycles. The van der Waals surface area contributed by atoms with Gasteiger partial charge in [0.2, 0.25) is 5.91 Å². The molecule has 1 aliphatic rings. The number of nitrogens with one attached hydrogen (secondary N) is 1. The maximum absolute atomic E-state index is 13.5. The molecule has 176 valence electrons. The number of amidine groups is 1. The average Bonchev–Trinajstić information content (AvgIpc) is 3.15. The summed E-state index contributed by atoms with van der Waals surface area (Å²) in [6, 6.07) is 21.7. The van der Waals surface area contributed by atoms with E-state index in [-0.39, 0.29) is 29.7 Å². The molecular formula is C27H22FN3O3S. The van der Waals surface area contributed by atoms with E-state index < -0.39 is 5.82 Å². The van der Waals surface area contributed by atoms with E-state index in [9.17, 15) is 18.8 Å². The van der Waals surface area contributed by atoms with Gasteiger partial charge in [0, 0.05) is 23.4 Å². The highest BCUT2D eigenvalue weighted by molar-refractivity contribution is 8.14. The molecule has 0 aliphatic carbocycles. The van der Waals surface area contributed by atoms with Crippen LogP contribution in [0.15, 0.2) is 89.6 Å². The Balaban J connectivity index is 1.45. The third kappa shape index (κ3) is 6.10. The second kappa shape index (κ2) is 10.9. The molecule has 0 bridgehead atoms. The summed E-state index contributed by atoms with van der Waals surface area (Å²) < 4.78 is 13.5. The molecular weight excluding hydrogens is 465 g/mol. The number of thioether (sulfide) groups is 1. The summed E-state index contributed by atoms with van der Waals surface area (Å²) in [6.45, 7) is 1.48. The summed E-state index contributed by atoms with van der Waals surface area (Å²) in [6.07, 6.45) is 1.88. The van der Waals surface area contributed by atoms with Crippen molar-refractivity contribution in [2.24, 2.45) is 4.99 Å². The quantitative estimate of drug-likeness (QED) is 0.351. The van der Waals surface area contributed by atoms with Gasteiger partial charge < -0.3 is 5.32 Å². The lowest BCUT2D eigenvalue weighted by molar-refractivity contribution is -0.116. The van der Waals surface area contributed by atoms with Gasteiger partial charge in [-0.2, -0.15) is 0 Å². The molecule has 0 atom stereocenters. The predicted octanol–water partition coefficient (Wildman–Crippen LogP) is 5.53. The Labute approximate surface area is 206 Å². The molecule has 0 fully saturated rings.